The molecule has 112 valence electrons. The smallest absolute Gasteiger partial charge is 0.224 e. The van der Waals surface area contributed by atoms with Crippen LogP contribution in [0.2, 0.25) is 5.15 Å². The van der Waals surface area contributed by atoms with Crippen LogP contribution < -0.4 is 9.47 Å². The van der Waals surface area contributed by atoms with Crippen LogP contribution in [0.3, 0.4) is 0 Å². The molecule has 0 aliphatic heterocycles. The maximum absolute atomic E-state index is 5.99. The van der Waals surface area contributed by atoms with E-state index < -0.39 is 0 Å². The molecule has 1 heterocycles. The van der Waals surface area contributed by atoms with Crippen molar-refractivity contribution in [2.45, 2.75) is 33.1 Å². The quantitative estimate of drug-likeness (QED) is 0.717. The summed E-state index contributed by atoms with van der Waals surface area (Å²) in [6.07, 6.45) is 0.982. The minimum absolute atomic E-state index is 0.191. The Kier molecular flexibility index (Phi) is 5.39. The molecule has 5 heteroatoms. The monoisotopic (exact) mass is 306 g/mol. The van der Waals surface area contributed by atoms with E-state index in [-0.39, 0.29) is 5.92 Å². The fourth-order valence-corrected chi connectivity index (χ4v) is 1.85. The van der Waals surface area contributed by atoms with Crippen molar-refractivity contribution in [2.75, 3.05) is 6.61 Å². The summed E-state index contributed by atoms with van der Waals surface area (Å²) in [5.41, 5.74) is 0. The van der Waals surface area contributed by atoms with Gasteiger partial charge in [0.1, 0.15) is 22.5 Å². The Balaban J connectivity index is 2.10. The summed E-state index contributed by atoms with van der Waals surface area (Å²) in [5, 5.41) is 0.381. The van der Waals surface area contributed by atoms with E-state index in [0.29, 0.717) is 29.2 Å². The summed E-state index contributed by atoms with van der Waals surface area (Å²) in [7, 11) is 0. The Labute approximate surface area is 130 Å². The number of nitrogens with zero attached hydrogens (tertiary/aromatic N) is 2. The highest BCUT2D eigenvalue weighted by Gasteiger charge is 2.08. The predicted molar refractivity (Wildman–Crippen MR) is 83.4 cm³/mol. The van der Waals surface area contributed by atoms with Gasteiger partial charge in [-0.05, 0) is 30.7 Å². The third kappa shape index (κ3) is 4.60. The van der Waals surface area contributed by atoms with Gasteiger partial charge in [-0.25, -0.2) is 4.98 Å². The van der Waals surface area contributed by atoms with E-state index in [1.807, 2.05) is 38.1 Å². The van der Waals surface area contributed by atoms with Crippen LogP contribution in [0.5, 0.6) is 17.4 Å². The van der Waals surface area contributed by atoms with Crippen molar-refractivity contribution in [1.82, 2.24) is 9.97 Å². The second-order valence-electron chi connectivity index (χ2n) is 4.96. The summed E-state index contributed by atoms with van der Waals surface area (Å²) in [6.45, 7) is 6.80. The SMILES string of the molecule is CCCOc1ccc(Oc2cc(Cl)nc(C(C)C)n2)cc1. The average molecular weight is 307 g/mol. The molecule has 0 aliphatic rings. The van der Waals surface area contributed by atoms with Gasteiger partial charge in [-0.2, -0.15) is 4.98 Å². The van der Waals surface area contributed by atoms with Gasteiger partial charge in [0.25, 0.3) is 0 Å². The van der Waals surface area contributed by atoms with Gasteiger partial charge in [0, 0.05) is 12.0 Å². The topological polar surface area (TPSA) is 44.2 Å². The third-order valence-electron chi connectivity index (χ3n) is 2.72. The molecule has 1 aromatic carbocycles. The highest BCUT2D eigenvalue weighted by Crippen LogP contribution is 2.25. The zero-order valence-electron chi connectivity index (χ0n) is 12.5. The van der Waals surface area contributed by atoms with Crippen LogP contribution in [0.25, 0.3) is 0 Å². The number of hydrogen-bond acceptors (Lipinski definition) is 4. The molecule has 0 amide bonds. The van der Waals surface area contributed by atoms with Gasteiger partial charge in [-0.15, -0.1) is 0 Å². The first-order valence-electron chi connectivity index (χ1n) is 7.03. The Morgan fingerprint density at radius 1 is 1.10 bits per heavy atom. The van der Waals surface area contributed by atoms with Crippen LogP contribution >= 0.6 is 11.6 Å². The first-order chi connectivity index (χ1) is 10.1. The summed E-state index contributed by atoms with van der Waals surface area (Å²) in [4.78, 5) is 8.53. The normalized spacial score (nSPS) is 10.7. The maximum Gasteiger partial charge on any atom is 0.224 e. The van der Waals surface area contributed by atoms with Crippen molar-refractivity contribution in [3.63, 3.8) is 0 Å². The number of rotatable bonds is 6. The minimum Gasteiger partial charge on any atom is -0.494 e. The number of benzene rings is 1. The highest BCUT2D eigenvalue weighted by atomic mass is 35.5. The molecule has 0 aliphatic carbocycles. The zero-order valence-corrected chi connectivity index (χ0v) is 13.2. The van der Waals surface area contributed by atoms with Crippen LogP contribution in [0.1, 0.15) is 38.9 Å². The lowest BCUT2D eigenvalue weighted by Crippen LogP contribution is -2.00. The minimum atomic E-state index is 0.191. The molecule has 0 atom stereocenters. The van der Waals surface area contributed by atoms with Crippen molar-refractivity contribution in [3.05, 3.63) is 41.3 Å². The lowest BCUT2D eigenvalue weighted by Gasteiger charge is -2.09. The number of hydrogen-bond donors (Lipinski definition) is 0. The zero-order chi connectivity index (χ0) is 15.2. The molecule has 2 rings (SSSR count). The van der Waals surface area contributed by atoms with Crippen LogP contribution in [-0.4, -0.2) is 16.6 Å². The molecule has 21 heavy (non-hydrogen) atoms. The molecule has 0 spiro atoms. The maximum atomic E-state index is 5.99. The molecule has 0 saturated heterocycles. The Morgan fingerprint density at radius 2 is 1.76 bits per heavy atom. The molecule has 2 aromatic rings. The lowest BCUT2D eigenvalue weighted by atomic mass is 10.2. The molecular weight excluding hydrogens is 288 g/mol. The van der Waals surface area contributed by atoms with E-state index in [1.165, 1.54) is 0 Å². The van der Waals surface area contributed by atoms with Crippen molar-refractivity contribution in [3.8, 4) is 17.4 Å². The predicted octanol–water partition coefficient (Wildman–Crippen LogP) is 4.83. The molecule has 0 saturated carbocycles. The third-order valence-corrected chi connectivity index (χ3v) is 2.92. The van der Waals surface area contributed by atoms with Crippen LogP contribution in [0.4, 0.5) is 0 Å². The number of halogens is 1. The first-order valence-corrected chi connectivity index (χ1v) is 7.41. The molecule has 1 aromatic heterocycles. The van der Waals surface area contributed by atoms with Gasteiger partial charge < -0.3 is 9.47 Å². The van der Waals surface area contributed by atoms with E-state index in [1.54, 1.807) is 6.07 Å². The van der Waals surface area contributed by atoms with Crippen LogP contribution in [0.15, 0.2) is 30.3 Å². The summed E-state index contributed by atoms with van der Waals surface area (Å²) in [5.74, 6) is 2.81. The Hall–Kier alpha value is -1.81. The van der Waals surface area contributed by atoms with E-state index in [2.05, 4.69) is 16.9 Å². The van der Waals surface area contributed by atoms with Gasteiger partial charge in [0.05, 0.1) is 6.61 Å². The van der Waals surface area contributed by atoms with E-state index in [0.717, 1.165) is 12.2 Å². The average Bonchev–Trinajstić information content (AvgIpc) is 2.46. The van der Waals surface area contributed by atoms with E-state index in [4.69, 9.17) is 21.1 Å². The van der Waals surface area contributed by atoms with Crippen molar-refractivity contribution in [2.24, 2.45) is 0 Å². The van der Waals surface area contributed by atoms with Gasteiger partial charge in [-0.3, -0.25) is 0 Å². The molecule has 0 unspecified atom stereocenters. The molecular formula is C16H19ClN2O2. The lowest BCUT2D eigenvalue weighted by molar-refractivity contribution is 0.317. The molecule has 0 N–H and O–H groups in total. The summed E-state index contributed by atoms with van der Waals surface area (Å²) in [6, 6.07) is 9.04. The standard InChI is InChI=1S/C16H19ClN2O2/c1-4-9-20-12-5-7-13(8-6-12)21-15-10-14(17)18-16(19-15)11(2)3/h5-8,10-11H,4,9H2,1-3H3. The van der Waals surface area contributed by atoms with Gasteiger partial charge >= 0.3 is 0 Å². The van der Waals surface area contributed by atoms with Gasteiger partial charge in [0.15, 0.2) is 0 Å². The van der Waals surface area contributed by atoms with E-state index in [9.17, 15) is 0 Å². The largest absolute Gasteiger partial charge is 0.494 e. The first kappa shape index (κ1) is 15.6. The molecule has 4 nitrogen and oxygen atoms in total. The fraction of sp³-hybridized carbons (Fsp3) is 0.375. The molecule has 0 fully saturated rings. The van der Waals surface area contributed by atoms with Crippen LogP contribution in [0, 0.1) is 0 Å². The van der Waals surface area contributed by atoms with Gasteiger partial charge in [0.2, 0.25) is 5.88 Å². The fourth-order valence-electron chi connectivity index (χ4n) is 1.67. The Bertz CT molecular complexity index is 585. The van der Waals surface area contributed by atoms with Crippen molar-refractivity contribution in [1.29, 1.82) is 0 Å². The second-order valence-corrected chi connectivity index (χ2v) is 5.35. The van der Waals surface area contributed by atoms with Crippen molar-refractivity contribution >= 4 is 11.6 Å². The highest BCUT2D eigenvalue weighted by molar-refractivity contribution is 6.29. The van der Waals surface area contributed by atoms with Crippen molar-refractivity contribution < 1.29 is 9.47 Å². The van der Waals surface area contributed by atoms with E-state index >= 15 is 0 Å². The molecule has 0 bridgehead atoms. The summed E-state index contributed by atoms with van der Waals surface area (Å²) < 4.78 is 11.2. The second kappa shape index (κ2) is 7.27. The molecule has 0 radical (unpaired) electrons. The number of ether oxygens (including phenoxy) is 2. The van der Waals surface area contributed by atoms with Gasteiger partial charge in [-0.1, -0.05) is 32.4 Å². The van der Waals surface area contributed by atoms with Crippen LogP contribution in [-0.2, 0) is 0 Å². The number of aromatic nitrogens is 2. The summed E-state index contributed by atoms with van der Waals surface area (Å²) >= 11 is 5.99. The Morgan fingerprint density at radius 3 is 2.38 bits per heavy atom.